The Bertz CT molecular complexity index is 820. The zero-order valence-corrected chi connectivity index (χ0v) is 16.7. The molecule has 0 aromatic heterocycles. The van der Waals surface area contributed by atoms with Gasteiger partial charge >= 0.3 is 0 Å². The Hall–Kier alpha value is -2.31. The van der Waals surface area contributed by atoms with Gasteiger partial charge in [0.05, 0.1) is 24.6 Å². The Morgan fingerprint density at radius 3 is 2.39 bits per heavy atom. The number of likely N-dealkylation sites (N-methyl/N-ethyl adjacent to an activating group) is 1. The van der Waals surface area contributed by atoms with Crippen molar-refractivity contribution in [3.05, 3.63) is 42.2 Å². The van der Waals surface area contributed by atoms with Crippen molar-refractivity contribution in [3.8, 4) is 11.1 Å². The molecule has 0 amide bonds. The lowest BCUT2D eigenvalue weighted by molar-refractivity contribution is 0.122. The van der Waals surface area contributed by atoms with Gasteiger partial charge in [-0.1, -0.05) is 12.1 Å². The summed E-state index contributed by atoms with van der Waals surface area (Å²) in [6, 6.07) is 11.8. The molecule has 2 aliphatic heterocycles. The summed E-state index contributed by atoms with van der Waals surface area (Å²) in [5, 5.41) is 0. The Balaban J connectivity index is 1.56. The molecule has 2 heterocycles. The first-order valence-electron chi connectivity index (χ1n) is 10.0. The molecule has 6 heteroatoms. The second-order valence-electron chi connectivity index (χ2n) is 7.81. The summed E-state index contributed by atoms with van der Waals surface area (Å²) in [6.45, 7) is 8.12. The van der Waals surface area contributed by atoms with Gasteiger partial charge in [0.25, 0.3) is 0 Å². The zero-order valence-electron chi connectivity index (χ0n) is 16.7. The van der Waals surface area contributed by atoms with E-state index >= 15 is 0 Å². The van der Waals surface area contributed by atoms with Gasteiger partial charge in [-0.05, 0) is 43.8 Å². The van der Waals surface area contributed by atoms with Gasteiger partial charge in [0, 0.05) is 50.0 Å². The number of nitrogens with zero attached hydrogens (tertiary/aromatic N) is 3. The maximum absolute atomic E-state index is 15.0. The summed E-state index contributed by atoms with van der Waals surface area (Å²) in [4.78, 5) is 6.79. The second kappa shape index (κ2) is 7.97. The van der Waals surface area contributed by atoms with E-state index in [0.29, 0.717) is 17.3 Å². The predicted molar refractivity (Wildman–Crippen MR) is 114 cm³/mol. The summed E-state index contributed by atoms with van der Waals surface area (Å²) in [5.41, 5.74) is 10.3. The molecule has 4 rings (SSSR count). The lowest BCUT2D eigenvalue weighted by atomic mass is 10.0. The van der Waals surface area contributed by atoms with E-state index < -0.39 is 0 Å². The second-order valence-corrected chi connectivity index (χ2v) is 7.81. The van der Waals surface area contributed by atoms with Crippen LogP contribution in [0.4, 0.5) is 21.5 Å². The third-order valence-corrected chi connectivity index (χ3v) is 5.97. The van der Waals surface area contributed by atoms with Crippen molar-refractivity contribution in [1.82, 2.24) is 4.90 Å². The quantitative estimate of drug-likeness (QED) is 0.824. The molecule has 2 N–H and O–H groups in total. The van der Waals surface area contributed by atoms with Gasteiger partial charge in [-0.15, -0.1) is 0 Å². The van der Waals surface area contributed by atoms with E-state index in [0.717, 1.165) is 62.9 Å². The normalized spacial score (nSPS) is 21.2. The molecule has 28 heavy (non-hydrogen) atoms. The Kier molecular flexibility index (Phi) is 5.42. The molecule has 2 fully saturated rings. The summed E-state index contributed by atoms with van der Waals surface area (Å²) in [5.74, 6) is -0.227. The van der Waals surface area contributed by atoms with Crippen LogP contribution in [-0.2, 0) is 4.74 Å². The van der Waals surface area contributed by atoms with Gasteiger partial charge in [-0.3, -0.25) is 0 Å². The van der Waals surface area contributed by atoms with Crippen molar-refractivity contribution in [2.45, 2.75) is 13.0 Å². The molecule has 2 aromatic rings. The molecule has 2 aromatic carbocycles. The zero-order chi connectivity index (χ0) is 19.7. The van der Waals surface area contributed by atoms with Gasteiger partial charge < -0.3 is 25.2 Å². The van der Waals surface area contributed by atoms with Crippen LogP contribution in [0.1, 0.15) is 6.92 Å². The van der Waals surface area contributed by atoms with Gasteiger partial charge in [-0.2, -0.15) is 0 Å². The van der Waals surface area contributed by atoms with Crippen LogP contribution in [-0.4, -0.2) is 63.9 Å². The fourth-order valence-electron chi connectivity index (χ4n) is 4.02. The highest BCUT2D eigenvalue weighted by Crippen LogP contribution is 2.34. The number of ether oxygens (including phenoxy) is 1. The van der Waals surface area contributed by atoms with Crippen LogP contribution in [0.3, 0.4) is 0 Å². The number of hydrogen-bond donors (Lipinski definition) is 1. The van der Waals surface area contributed by atoms with Gasteiger partial charge in [0.15, 0.2) is 0 Å². The molecule has 0 bridgehead atoms. The Morgan fingerprint density at radius 2 is 1.71 bits per heavy atom. The number of piperazine rings is 1. The van der Waals surface area contributed by atoms with E-state index in [1.165, 1.54) is 0 Å². The average molecular weight is 384 g/mol. The molecule has 0 radical (unpaired) electrons. The Morgan fingerprint density at radius 1 is 1.00 bits per heavy atom. The summed E-state index contributed by atoms with van der Waals surface area (Å²) < 4.78 is 20.4. The first-order chi connectivity index (χ1) is 13.5. The highest BCUT2D eigenvalue weighted by Gasteiger charge is 2.23. The number of anilines is 3. The molecule has 150 valence electrons. The van der Waals surface area contributed by atoms with Crippen molar-refractivity contribution < 1.29 is 9.13 Å². The van der Waals surface area contributed by atoms with Crippen LogP contribution in [0, 0.1) is 5.82 Å². The van der Waals surface area contributed by atoms with Crippen molar-refractivity contribution in [2.24, 2.45) is 0 Å². The van der Waals surface area contributed by atoms with Crippen molar-refractivity contribution in [2.75, 3.05) is 68.5 Å². The average Bonchev–Trinajstić information content (AvgIpc) is 2.72. The fraction of sp³-hybridized carbons (Fsp3) is 0.455. The molecule has 0 saturated carbocycles. The van der Waals surface area contributed by atoms with Crippen LogP contribution in [0.25, 0.3) is 11.1 Å². The molecular weight excluding hydrogens is 355 g/mol. The molecular formula is C22H29FN4O. The number of nitrogens with two attached hydrogens (primary N) is 1. The van der Waals surface area contributed by atoms with Crippen LogP contribution in [0.15, 0.2) is 36.4 Å². The number of morpholine rings is 1. The van der Waals surface area contributed by atoms with Gasteiger partial charge in [-0.25, -0.2) is 4.39 Å². The highest BCUT2D eigenvalue weighted by atomic mass is 19.1. The minimum atomic E-state index is -0.227. The van der Waals surface area contributed by atoms with E-state index in [1.807, 2.05) is 24.3 Å². The summed E-state index contributed by atoms with van der Waals surface area (Å²) >= 11 is 0. The van der Waals surface area contributed by atoms with E-state index in [1.54, 1.807) is 12.1 Å². The third-order valence-electron chi connectivity index (χ3n) is 5.97. The molecule has 5 nitrogen and oxygen atoms in total. The minimum Gasteiger partial charge on any atom is -0.397 e. The van der Waals surface area contributed by atoms with Crippen LogP contribution in [0.2, 0.25) is 0 Å². The smallest absolute Gasteiger partial charge is 0.133 e. The van der Waals surface area contributed by atoms with Gasteiger partial charge in [0.2, 0.25) is 0 Å². The number of rotatable bonds is 3. The highest BCUT2D eigenvalue weighted by molar-refractivity contribution is 5.78. The van der Waals surface area contributed by atoms with Crippen molar-refractivity contribution in [3.63, 3.8) is 0 Å². The van der Waals surface area contributed by atoms with Crippen LogP contribution in [0.5, 0.6) is 0 Å². The van der Waals surface area contributed by atoms with Crippen LogP contribution < -0.4 is 15.5 Å². The standard InChI is InChI=1S/C22H29FN4O/c1-16-15-27(8-7-25(16)2)22-14-20(23)19(13-21(22)24)17-3-5-18(6-4-17)26-9-11-28-12-10-26/h3-6,13-14,16H,7-12,15,24H2,1-2H3/t16-/m0/s1. The van der Waals surface area contributed by atoms with E-state index in [9.17, 15) is 4.39 Å². The topological polar surface area (TPSA) is 45.0 Å². The summed E-state index contributed by atoms with van der Waals surface area (Å²) in [7, 11) is 2.12. The van der Waals surface area contributed by atoms with Crippen LogP contribution >= 0.6 is 0 Å². The molecule has 0 unspecified atom stereocenters. The Labute approximate surface area is 166 Å². The van der Waals surface area contributed by atoms with Crippen molar-refractivity contribution in [1.29, 1.82) is 0 Å². The lowest BCUT2D eigenvalue weighted by Gasteiger charge is -2.39. The van der Waals surface area contributed by atoms with Crippen molar-refractivity contribution >= 4 is 17.1 Å². The summed E-state index contributed by atoms with van der Waals surface area (Å²) in [6.07, 6.45) is 0. The maximum Gasteiger partial charge on any atom is 0.133 e. The number of benzene rings is 2. The van der Waals surface area contributed by atoms with E-state index in [-0.39, 0.29) is 5.82 Å². The third kappa shape index (κ3) is 3.80. The molecule has 2 saturated heterocycles. The van der Waals surface area contributed by atoms with Gasteiger partial charge in [0.1, 0.15) is 5.82 Å². The first kappa shape index (κ1) is 19.0. The first-order valence-corrected chi connectivity index (χ1v) is 10.0. The largest absolute Gasteiger partial charge is 0.397 e. The predicted octanol–water partition coefficient (Wildman–Crippen LogP) is 3.05. The minimum absolute atomic E-state index is 0.227. The lowest BCUT2D eigenvalue weighted by Crippen LogP contribution is -2.50. The maximum atomic E-state index is 15.0. The molecule has 0 aliphatic carbocycles. The number of hydrogen-bond acceptors (Lipinski definition) is 5. The molecule has 1 atom stereocenters. The fourth-order valence-corrected chi connectivity index (χ4v) is 4.02. The van der Waals surface area contributed by atoms with E-state index in [4.69, 9.17) is 10.5 Å². The molecule has 0 spiro atoms. The number of nitrogen functional groups attached to an aromatic ring is 1. The number of halogens is 1. The monoisotopic (exact) mass is 384 g/mol. The van der Waals surface area contributed by atoms with E-state index in [2.05, 4.69) is 28.7 Å². The SMILES string of the molecule is C[C@H]1CN(c2cc(F)c(-c3ccc(N4CCOCC4)cc3)cc2N)CCN1C. The molecule has 2 aliphatic rings.